The minimum Gasteiger partial charge on any atom is -0.398 e. The van der Waals surface area contributed by atoms with E-state index in [4.69, 9.17) is 22.4 Å². The standard InChI is InChI=1S/C11H17ClN2O3S/c1-8(3-2-6-15)14-18(16,17)11-5-4-9(12)7-10(11)13/h4-5,7-8,14-15H,2-3,6,13H2,1H3. The van der Waals surface area contributed by atoms with Gasteiger partial charge in [0.2, 0.25) is 10.0 Å². The van der Waals surface area contributed by atoms with Crippen LogP contribution in [0.25, 0.3) is 0 Å². The number of aliphatic hydroxyl groups is 1. The smallest absolute Gasteiger partial charge is 0.242 e. The Kier molecular flexibility index (Phi) is 5.40. The maximum atomic E-state index is 12.0. The monoisotopic (exact) mass is 292 g/mol. The number of benzene rings is 1. The molecule has 0 radical (unpaired) electrons. The number of halogens is 1. The number of nitrogen functional groups attached to an aromatic ring is 1. The second kappa shape index (κ2) is 6.38. The quantitative estimate of drug-likeness (QED) is 0.690. The third kappa shape index (κ3) is 4.13. The lowest BCUT2D eigenvalue weighted by Crippen LogP contribution is -2.33. The normalized spacial score (nSPS) is 13.5. The molecule has 7 heteroatoms. The number of hydrogen-bond acceptors (Lipinski definition) is 4. The van der Waals surface area contributed by atoms with Crippen LogP contribution >= 0.6 is 11.6 Å². The van der Waals surface area contributed by atoms with Gasteiger partial charge in [-0.1, -0.05) is 11.6 Å². The van der Waals surface area contributed by atoms with Crippen molar-refractivity contribution in [3.05, 3.63) is 23.2 Å². The molecule has 1 rings (SSSR count). The lowest BCUT2D eigenvalue weighted by Gasteiger charge is -2.14. The van der Waals surface area contributed by atoms with Crippen LogP contribution in [-0.2, 0) is 10.0 Å². The molecule has 0 fully saturated rings. The minimum absolute atomic E-state index is 0.0164. The first-order chi connectivity index (χ1) is 8.36. The molecule has 1 aromatic carbocycles. The van der Waals surface area contributed by atoms with E-state index in [0.717, 1.165) is 0 Å². The first-order valence-corrected chi connectivity index (χ1v) is 7.41. The molecule has 1 unspecified atom stereocenters. The molecule has 5 nitrogen and oxygen atoms in total. The van der Waals surface area contributed by atoms with Gasteiger partial charge in [-0.25, -0.2) is 13.1 Å². The summed E-state index contributed by atoms with van der Waals surface area (Å²) in [5.41, 5.74) is 5.75. The summed E-state index contributed by atoms with van der Waals surface area (Å²) in [4.78, 5) is 0.0164. The van der Waals surface area contributed by atoms with E-state index >= 15 is 0 Å². The van der Waals surface area contributed by atoms with Gasteiger partial charge in [0.1, 0.15) is 4.90 Å². The molecule has 102 valence electrons. The van der Waals surface area contributed by atoms with Gasteiger partial charge in [0, 0.05) is 17.7 Å². The molecule has 0 aliphatic carbocycles. The fourth-order valence-electron chi connectivity index (χ4n) is 1.55. The number of sulfonamides is 1. The van der Waals surface area contributed by atoms with Gasteiger partial charge in [0.15, 0.2) is 0 Å². The van der Waals surface area contributed by atoms with Crippen LogP contribution in [0.2, 0.25) is 5.02 Å². The summed E-state index contributed by atoms with van der Waals surface area (Å²) in [7, 11) is -3.65. The highest BCUT2D eigenvalue weighted by atomic mass is 35.5. The summed E-state index contributed by atoms with van der Waals surface area (Å²) in [6, 6.07) is 3.98. The molecule has 1 atom stereocenters. The molecule has 0 aromatic heterocycles. The molecule has 4 N–H and O–H groups in total. The fourth-order valence-corrected chi connectivity index (χ4v) is 3.12. The molecule has 0 heterocycles. The van der Waals surface area contributed by atoms with E-state index in [1.54, 1.807) is 6.92 Å². The van der Waals surface area contributed by atoms with Crippen molar-refractivity contribution in [2.45, 2.75) is 30.7 Å². The number of anilines is 1. The zero-order valence-corrected chi connectivity index (χ0v) is 11.6. The SMILES string of the molecule is CC(CCCO)NS(=O)(=O)c1ccc(Cl)cc1N. The molecule has 0 saturated heterocycles. The highest BCUT2D eigenvalue weighted by molar-refractivity contribution is 7.89. The third-order valence-electron chi connectivity index (χ3n) is 2.41. The molecular weight excluding hydrogens is 276 g/mol. The van der Waals surface area contributed by atoms with Gasteiger partial charge in [0.25, 0.3) is 0 Å². The Balaban J connectivity index is 2.86. The van der Waals surface area contributed by atoms with Crippen LogP contribution in [0.4, 0.5) is 5.69 Å². The topological polar surface area (TPSA) is 92.4 Å². The summed E-state index contributed by atoms with van der Waals surface area (Å²) in [5, 5.41) is 9.08. The van der Waals surface area contributed by atoms with Crippen LogP contribution in [0.3, 0.4) is 0 Å². The van der Waals surface area contributed by atoms with E-state index in [0.29, 0.717) is 17.9 Å². The van der Waals surface area contributed by atoms with Crippen molar-refractivity contribution in [3.8, 4) is 0 Å². The van der Waals surface area contributed by atoms with Gasteiger partial charge in [-0.05, 0) is 38.0 Å². The zero-order chi connectivity index (χ0) is 13.8. The lowest BCUT2D eigenvalue weighted by atomic mass is 10.2. The van der Waals surface area contributed by atoms with Gasteiger partial charge in [-0.3, -0.25) is 0 Å². The zero-order valence-electron chi connectivity index (χ0n) is 10.1. The summed E-state index contributed by atoms with van der Waals surface area (Å²) in [5.74, 6) is 0. The number of rotatable bonds is 6. The van der Waals surface area contributed by atoms with Gasteiger partial charge >= 0.3 is 0 Å². The van der Waals surface area contributed by atoms with Crippen molar-refractivity contribution in [1.29, 1.82) is 0 Å². The molecule has 1 aromatic rings. The van der Waals surface area contributed by atoms with E-state index in [-0.39, 0.29) is 23.2 Å². The Labute approximate surface area is 112 Å². The second-order valence-electron chi connectivity index (χ2n) is 4.07. The molecule has 0 bridgehead atoms. The largest absolute Gasteiger partial charge is 0.398 e. The Morgan fingerprint density at radius 2 is 2.17 bits per heavy atom. The molecule has 0 aliphatic rings. The van der Waals surface area contributed by atoms with Crippen molar-refractivity contribution in [1.82, 2.24) is 4.72 Å². The van der Waals surface area contributed by atoms with Crippen molar-refractivity contribution >= 4 is 27.3 Å². The van der Waals surface area contributed by atoms with E-state index < -0.39 is 10.0 Å². The molecule has 0 aliphatic heterocycles. The predicted octanol–water partition coefficient (Wildman–Crippen LogP) is 1.36. The van der Waals surface area contributed by atoms with Gasteiger partial charge in [0.05, 0.1) is 5.69 Å². The van der Waals surface area contributed by atoms with Crippen molar-refractivity contribution < 1.29 is 13.5 Å². The average Bonchev–Trinajstić information content (AvgIpc) is 2.25. The number of nitrogens with one attached hydrogen (secondary N) is 1. The summed E-state index contributed by atoms with van der Waals surface area (Å²) >= 11 is 5.72. The molecular formula is C11H17ClN2O3S. The van der Waals surface area contributed by atoms with Crippen LogP contribution in [0.5, 0.6) is 0 Å². The second-order valence-corrected chi connectivity index (χ2v) is 6.19. The van der Waals surface area contributed by atoms with Crippen molar-refractivity contribution in [2.75, 3.05) is 12.3 Å². The van der Waals surface area contributed by atoms with E-state index in [9.17, 15) is 8.42 Å². The average molecular weight is 293 g/mol. The van der Waals surface area contributed by atoms with E-state index in [1.165, 1.54) is 18.2 Å². The first kappa shape index (κ1) is 15.2. The van der Waals surface area contributed by atoms with Crippen molar-refractivity contribution in [3.63, 3.8) is 0 Å². The lowest BCUT2D eigenvalue weighted by molar-refractivity contribution is 0.279. The summed E-state index contributed by atoms with van der Waals surface area (Å²) in [6.45, 7) is 1.77. The maximum Gasteiger partial charge on any atom is 0.242 e. The van der Waals surface area contributed by atoms with E-state index in [2.05, 4.69) is 4.72 Å². The summed E-state index contributed by atoms with van der Waals surface area (Å²) in [6.07, 6.45) is 1.10. The van der Waals surface area contributed by atoms with Crippen LogP contribution in [0, 0.1) is 0 Å². The molecule has 0 saturated carbocycles. The first-order valence-electron chi connectivity index (χ1n) is 5.55. The highest BCUT2D eigenvalue weighted by Crippen LogP contribution is 2.22. The molecule has 18 heavy (non-hydrogen) atoms. The van der Waals surface area contributed by atoms with Gasteiger partial charge in [-0.2, -0.15) is 0 Å². The fraction of sp³-hybridized carbons (Fsp3) is 0.455. The minimum atomic E-state index is -3.65. The van der Waals surface area contributed by atoms with E-state index in [1.807, 2.05) is 0 Å². The maximum absolute atomic E-state index is 12.0. The molecule has 0 amide bonds. The van der Waals surface area contributed by atoms with Gasteiger partial charge in [-0.15, -0.1) is 0 Å². The molecule has 0 spiro atoms. The summed E-state index contributed by atoms with van der Waals surface area (Å²) < 4.78 is 26.6. The van der Waals surface area contributed by atoms with Crippen LogP contribution in [0.15, 0.2) is 23.1 Å². The van der Waals surface area contributed by atoms with Crippen LogP contribution in [-0.4, -0.2) is 26.2 Å². The van der Waals surface area contributed by atoms with Gasteiger partial charge < -0.3 is 10.8 Å². The highest BCUT2D eigenvalue weighted by Gasteiger charge is 2.19. The van der Waals surface area contributed by atoms with Crippen LogP contribution in [0.1, 0.15) is 19.8 Å². The Bertz CT molecular complexity index is 505. The number of hydrogen-bond donors (Lipinski definition) is 3. The van der Waals surface area contributed by atoms with Crippen LogP contribution < -0.4 is 10.5 Å². The number of nitrogens with two attached hydrogens (primary N) is 1. The number of aliphatic hydroxyl groups excluding tert-OH is 1. The third-order valence-corrected chi connectivity index (χ3v) is 4.31. The Hall–Kier alpha value is -0.820. The van der Waals surface area contributed by atoms with Crippen molar-refractivity contribution in [2.24, 2.45) is 0 Å². The Morgan fingerprint density at radius 3 is 2.72 bits per heavy atom. The Morgan fingerprint density at radius 1 is 1.50 bits per heavy atom. The predicted molar refractivity (Wildman–Crippen MR) is 72.0 cm³/mol.